The van der Waals surface area contributed by atoms with Gasteiger partial charge in [0.25, 0.3) is 0 Å². The number of hydrogen-bond acceptors (Lipinski definition) is 6. The molecule has 144 valence electrons. The number of ether oxygens (including phenoxy) is 1. The molecule has 0 spiro atoms. The molecule has 6 heteroatoms. The Morgan fingerprint density at radius 3 is 2.03 bits per heavy atom. The summed E-state index contributed by atoms with van der Waals surface area (Å²) in [7, 11) is 1.58. The zero-order valence-electron chi connectivity index (χ0n) is 15.8. The second-order valence-corrected chi connectivity index (χ2v) is 6.13. The lowest BCUT2D eigenvalue weighted by molar-refractivity contribution is 0.106. The number of carbonyl (C=O) groups excluding carboxylic acids is 2. The predicted octanol–water partition coefficient (Wildman–Crippen LogP) is 4.48. The summed E-state index contributed by atoms with van der Waals surface area (Å²) >= 11 is 0. The van der Waals surface area contributed by atoms with Crippen LogP contribution in [0.2, 0.25) is 0 Å². The van der Waals surface area contributed by atoms with E-state index in [1.54, 1.807) is 37.4 Å². The average Bonchev–Trinajstić information content (AvgIpc) is 2.79. The van der Waals surface area contributed by atoms with Crippen LogP contribution in [0.15, 0.2) is 77.9 Å². The van der Waals surface area contributed by atoms with Gasteiger partial charge in [0.15, 0.2) is 0 Å². The molecule has 3 aromatic rings. The Labute approximate surface area is 168 Å². The Balaban J connectivity index is 1.65. The van der Waals surface area contributed by atoms with Gasteiger partial charge in [0.2, 0.25) is 11.6 Å². The van der Waals surface area contributed by atoms with Gasteiger partial charge in [0, 0.05) is 17.2 Å². The predicted molar refractivity (Wildman–Crippen MR) is 114 cm³/mol. The third-order valence-electron chi connectivity index (χ3n) is 4.25. The molecule has 0 aromatic heterocycles. The molecule has 0 aliphatic carbocycles. The van der Waals surface area contributed by atoms with E-state index in [9.17, 15) is 9.59 Å². The highest BCUT2D eigenvalue weighted by Crippen LogP contribution is 2.21. The highest BCUT2D eigenvalue weighted by atomic mass is 16.5. The summed E-state index contributed by atoms with van der Waals surface area (Å²) in [6.45, 7) is 0. The maximum absolute atomic E-state index is 12.3. The van der Waals surface area contributed by atoms with Gasteiger partial charge in [-0.05, 0) is 23.3 Å². The van der Waals surface area contributed by atoms with E-state index in [2.05, 4.69) is 10.5 Å². The molecule has 3 rings (SSSR count). The molecule has 0 bridgehead atoms. The SMILES string of the molecule is COc1cccc(N/N=C/C(=O)c2ccc(-c3ccc(C(=O)C=N)cc3)cc2)c1. The fourth-order valence-electron chi connectivity index (χ4n) is 2.67. The Kier molecular flexibility index (Phi) is 6.27. The minimum Gasteiger partial charge on any atom is -0.497 e. The van der Waals surface area contributed by atoms with Crippen LogP contribution in [0.4, 0.5) is 5.69 Å². The number of methoxy groups -OCH3 is 1. The Bertz CT molecular complexity index is 1060. The minimum atomic E-state index is -0.334. The number of nitrogens with one attached hydrogen (secondary N) is 2. The highest BCUT2D eigenvalue weighted by molar-refractivity contribution is 6.35. The van der Waals surface area contributed by atoms with Gasteiger partial charge < -0.3 is 10.1 Å². The quantitative estimate of drug-likeness (QED) is 0.340. The Hall–Kier alpha value is -4.06. The van der Waals surface area contributed by atoms with Gasteiger partial charge in [-0.15, -0.1) is 0 Å². The van der Waals surface area contributed by atoms with Gasteiger partial charge in [-0.3, -0.25) is 15.0 Å². The van der Waals surface area contributed by atoms with Crippen molar-refractivity contribution in [3.05, 3.63) is 83.9 Å². The number of hydrazone groups is 1. The average molecular weight is 385 g/mol. The van der Waals surface area contributed by atoms with E-state index in [1.165, 1.54) is 6.21 Å². The monoisotopic (exact) mass is 385 g/mol. The number of carbonyl (C=O) groups is 2. The maximum Gasteiger partial charge on any atom is 0.205 e. The van der Waals surface area contributed by atoms with Crippen molar-refractivity contribution in [2.45, 2.75) is 0 Å². The van der Waals surface area contributed by atoms with E-state index in [0.29, 0.717) is 22.6 Å². The summed E-state index contributed by atoms with van der Waals surface area (Å²) in [4.78, 5) is 23.8. The lowest BCUT2D eigenvalue weighted by Crippen LogP contribution is -2.02. The first-order chi connectivity index (χ1) is 14.1. The van der Waals surface area contributed by atoms with Crippen LogP contribution < -0.4 is 10.2 Å². The molecule has 0 amide bonds. The molecule has 3 aromatic carbocycles. The van der Waals surface area contributed by atoms with Crippen LogP contribution in [0.25, 0.3) is 11.1 Å². The van der Waals surface area contributed by atoms with E-state index in [-0.39, 0.29) is 11.6 Å². The number of nitrogens with zero attached hydrogens (tertiary/aromatic N) is 1. The number of ketones is 2. The van der Waals surface area contributed by atoms with Crippen LogP contribution in [-0.2, 0) is 0 Å². The third-order valence-corrected chi connectivity index (χ3v) is 4.25. The zero-order chi connectivity index (χ0) is 20.6. The first-order valence-electron chi connectivity index (χ1n) is 8.83. The van der Waals surface area contributed by atoms with E-state index < -0.39 is 0 Å². The van der Waals surface area contributed by atoms with Crippen molar-refractivity contribution in [2.75, 3.05) is 12.5 Å². The van der Waals surface area contributed by atoms with Gasteiger partial charge >= 0.3 is 0 Å². The van der Waals surface area contributed by atoms with Crippen LogP contribution in [0.1, 0.15) is 20.7 Å². The summed E-state index contributed by atoms with van der Waals surface area (Å²) in [5, 5.41) is 11.0. The van der Waals surface area contributed by atoms with Gasteiger partial charge in [-0.1, -0.05) is 54.6 Å². The van der Waals surface area contributed by atoms with Gasteiger partial charge in [-0.2, -0.15) is 5.10 Å². The largest absolute Gasteiger partial charge is 0.497 e. The molecule has 0 saturated carbocycles. The molecular weight excluding hydrogens is 366 g/mol. The normalized spacial score (nSPS) is 10.5. The van der Waals surface area contributed by atoms with E-state index >= 15 is 0 Å². The number of benzene rings is 3. The standard InChI is InChI=1S/C23H19N3O3/c1-29-21-4-2-3-20(13-21)26-25-15-23(28)19-11-7-17(8-12-19)16-5-9-18(10-6-16)22(27)14-24/h2-15,24,26H,1H3/b24-14?,25-15+. The van der Waals surface area contributed by atoms with Gasteiger partial charge in [0.1, 0.15) is 5.75 Å². The topological polar surface area (TPSA) is 91.6 Å². The van der Waals surface area contributed by atoms with Crippen LogP contribution in [0, 0.1) is 5.41 Å². The Morgan fingerprint density at radius 1 is 0.897 bits per heavy atom. The van der Waals surface area contributed by atoms with Crippen molar-refractivity contribution < 1.29 is 14.3 Å². The van der Waals surface area contributed by atoms with Crippen molar-refractivity contribution in [3.63, 3.8) is 0 Å². The van der Waals surface area contributed by atoms with Crippen molar-refractivity contribution in [1.82, 2.24) is 0 Å². The molecule has 0 radical (unpaired) electrons. The van der Waals surface area contributed by atoms with Crippen LogP contribution in [0.5, 0.6) is 5.75 Å². The molecule has 0 saturated heterocycles. The number of Topliss-reactive ketones (excluding diaryl/α,β-unsaturated/α-hetero) is 2. The molecule has 0 fully saturated rings. The third kappa shape index (κ3) is 5.01. The van der Waals surface area contributed by atoms with Crippen LogP contribution in [-0.4, -0.2) is 31.1 Å². The number of anilines is 1. The summed E-state index contributed by atoms with van der Waals surface area (Å²) in [6, 6.07) is 21.4. The lowest BCUT2D eigenvalue weighted by Gasteiger charge is -2.04. The molecule has 0 unspecified atom stereocenters. The van der Waals surface area contributed by atoms with Crippen molar-refractivity contribution in [3.8, 4) is 16.9 Å². The highest BCUT2D eigenvalue weighted by Gasteiger charge is 2.06. The van der Waals surface area contributed by atoms with Crippen molar-refractivity contribution in [1.29, 1.82) is 5.41 Å². The fraction of sp³-hybridized carbons (Fsp3) is 0.0435. The number of hydrogen-bond donors (Lipinski definition) is 2. The van der Waals surface area contributed by atoms with E-state index in [0.717, 1.165) is 17.3 Å². The van der Waals surface area contributed by atoms with Crippen LogP contribution in [0.3, 0.4) is 0 Å². The van der Waals surface area contributed by atoms with Crippen LogP contribution >= 0.6 is 0 Å². The summed E-state index contributed by atoms with van der Waals surface area (Å²) in [5.74, 6) is 0.139. The molecule has 0 aliphatic rings. The molecular formula is C23H19N3O3. The zero-order valence-corrected chi connectivity index (χ0v) is 15.8. The first-order valence-corrected chi connectivity index (χ1v) is 8.83. The molecule has 29 heavy (non-hydrogen) atoms. The van der Waals surface area contributed by atoms with Gasteiger partial charge in [-0.25, -0.2) is 0 Å². The van der Waals surface area contributed by atoms with Crippen molar-refractivity contribution >= 4 is 29.7 Å². The van der Waals surface area contributed by atoms with E-state index in [4.69, 9.17) is 10.1 Å². The second-order valence-electron chi connectivity index (χ2n) is 6.13. The minimum absolute atomic E-state index is 0.223. The molecule has 2 N–H and O–H groups in total. The molecule has 0 heterocycles. The molecule has 6 nitrogen and oxygen atoms in total. The Morgan fingerprint density at radius 2 is 1.48 bits per heavy atom. The molecule has 0 aliphatic heterocycles. The lowest BCUT2D eigenvalue weighted by atomic mass is 10.0. The first kappa shape index (κ1) is 19.7. The van der Waals surface area contributed by atoms with Crippen molar-refractivity contribution in [2.24, 2.45) is 5.10 Å². The number of rotatable bonds is 8. The smallest absolute Gasteiger partial charge is 0.205 e. The van der Waals surface area contributed by atoms with E-state index in [1.807, 2.05) is 42.5 Å². The summed E-state index contributed by atoms with van der Waals surface area (Å²) in [5.41, 5.74) is 6.33. The fourth-order valence-corrected chi connectivity index (χ4v) is 2.67. The maximum atomic E-state index is 12.3. The summed E-state index contributed by atoms with van der Waals surface area (Å²) < 4.78 is 5.14. The molecule has 0 atom stereocenters. The summed E-state index contributed by atoms with van der Waals surface area (Å²) in [6.07, 6.45) is 2.02. The second kappa shape index (κ2) is 9.23. The van der Waals surface area contributed by atoms with Gasteiger partial charge in [0.05, 0.1) is 25.2 Å².